The molecule has 0 aliphatic heterocycles. The average molecular weight is 540 g/mol. The predicted octanol–water partition coefficient (Wildman–Crippen LogP) is 5.36. The fraction of sp³-hybridized carbons (Fsp3) is 0.200. The Morgan fingerprint density at radius 1 is 0.950 bits per heavy atom. The second-order valence-corrected chi connectivity index (χ2v) is 9.00. The number of nitrogens with one attached hydrogen (secondary N) is 1. The standard InChI is InChI=1S/C30H29N5O5/c1-5-15-34-19(2)28(30(37)35(34)20-9-7-6-8-10-20)29(36)33-27-12-11-21(18-32-27)40-24-13-14-31-23-17-26(39-4)25(38-3)16-22(23)24/h6-14,16-18H,5,15H2,1-4H3,(H,32,33,36). The van der Waals surface area contributed by atoms with E-state index in [-0.39, 0.29) is 16.9 Å². The van der Waals surface area contributed by atoms with Gasteiger partial charge in [-0.25, -0.2) is 9.67 Å². The molecule has 0 spiro atoms. The van der Waals surface area contributed by atoms with Crippen molar-refractivity contribution < 1.29 is 19.0 Å². The van der Waals surface area contributed by atoms with Crippen LogP contribution in [0.5, 0.6) is 23.0 Å². The molecule has 0 saturated heterocycles. The molecular formula is C30H29N5O5. The maximum Gasteiger partial charge on any atom is 0.284 e. The van der Waals surface area contributed by atoms with Crippen molar-refractivity contribution in [1.29, 1.82) is 0 Å². The molecule has 10 nitrogen and oxygen atoms in total. The van der Waals surface area contributed by atoms with Gasteiger partial charge in [0.25, 0.3) is 11.5 Å². The van der Waals surface area contributed by atoms with Crippen molar-refractivity contribution in [2.45, 2.75) is 26.8 Å². The van der Waals surface area contributed by atoms with Gasteiger partial charge in [-0.15, -0.1) is 0 Å². The highest BCUT2D eigenvalue weighted by Gasteiger charge is 2.24. The largest absolute Gasteiger partial charge is 0.493 e. The lowest BCUT2D eigenvalue weighted by atomic mass is 10.2. The van der Waals surface area contributed by atoms with Crippen LogP contribution in [0.3, 0.4) is 0 Å². The minimum absolute atomic E-state index is 0.0760. The van der Waals surface area contributed by atoms with Crippen molar-refractivity contribution in [2.24, 2.45) is 0 Å². The molecular weight excluding hydrogens is 510 g/mol. The van der Waals surface area contributed by atoms with Crippen LogP contribution >= 0.6 is 0 Å². The average Bonchev–Trinajstić information content (AvgIpc) is 3.22. The molecule has 5 aromatic rings. The van der Waals surface area contributed by atoms with Crippen LogP contribution in [0, 0.1) is 6.92 Å². The lowest BCUT2D eigenvalue weighted by molar-refractivity contribution is 0.102. The van der Waals surface area contributed by atoms with Crippen LogP contribution in [0.25, 0.3) is 16.6 Å². The van der Waals surface area contributed by atoms with Crippen LogP contribution < -0.4 is 25.1 Å². The summed E-state index contributed by atoms with van der Waals surface area (Å²) in [4.78, 5) is 35.4. The summed E-state index contributed by atoms with van der Waals surface area (Å²) in [6.07, 6.45) is 3.94. The van der Waals surface area contributed by atoms with E-state index in [1.165, 1.54) is 6.20 Å². The van der Waals surface area contributed by atoms with Crippen molar-refractivity contribution in [2.75, 3.05) is 19.5 Å². The van der Waals surface area contributed by atoms with Gasteiger partial charge in [0.15, 0.2) is 11.5 Å². The third-order valence-electron chi connectivity index (χ3n) is 6.47. The number of rotatable bonds is 9. The normalized spacial score (nSPS) is 10.9. The van der Waals surface area contributed by atoms with E-state index < -0.39 is 5.91 Å². The number of amides is 1. The van der Waals surface area contributed by atoms with E-state index in [0.29, 0.717) is 46.4 Å². The molecule has 1 N–H and O–H groups in total. The highest BCUT2D eigenvalue weighted by Crippen LogP contribution is 2.36. The number of hydrogen-bond acceptors (Lipinski definition) is 7. The molecule has 0 aliphatic carbocycles. The van der Waals surface area contributed by atoms with E-state index in [9.17, 15) is 9.59 Å². The van der Waals surface area contributed by atoms with Crippen molar-refractivity contribution in [3.05, 3.63) is 94.7 Å². The molecule has 0 atom stereocenters. The Morgan fingerprint density at radius 2 is 1.70 bits per heavy atom. The molecule has 204 valence electrons. The molecule has 40 heavy (non-hydrogen) atoms. The molecule has 10 heteroatoms. The van der Waals surface area contributed by atoms with Crippen LogP contribution in [-0.2, 0) is 6.54 Å². The highest BCUT2D eigenvalue weighted by molar-refractivity contribution is 6.04. The van der Waals surface area contributed by atoms with Gasteiger partial charge >= 0.3 is 0 Å². The topological polar surface area (TPSA) is 110 Å². The molecule has 0 aliphatic rings. The molecule has 5 rings (SSSR count). The first-order valence-corrected chi connectivity index (χ1v) is 12.8. The number of pyridine rings is 2. The first-order chi connectivity index (χ1) is 19.4. The van der Waals surface area contributed by atoms with Gasteiger partial charge in [-0.05, 0) is 49.7 Å². The van der Waals surface area contributed by atoms with Gasteiger partial charge in [0.1, 0.15) is 22.9 Å². The quantitative estimate of drug-likeness (QED) is 0.268. The number of methoxy groups -OCH3 is 2. The Hall–Kier alpha value is -5.12. The lowest BCUT2D eigenvalue weighted by Gasteiger charge is -2.12. The van der Waals surface area contributed by atoms with Gasteiger partial charge in [0.2, 0.25) is 0 Å². The summed E-state index contributed by atoms with van der Waals surface area (Å²) < 4.78 is 20.2. The number of para-hydroxylation sites is 1. The zero-order valence-corrected chi connectivity index (χ0v) is 22.7. The number of anilines is 1. The van der Waals surface area contributed by atoms with Crippen LogP contribution in [0.15, 0.2) is 77.9 Å². The maximum atomic E-state index is 13.4. The van der Waals surface area contributed by atoms with Gasteiger partial charge in [-0.1, -0.05) is 25.1 Å². The van der Waals surface area contributed by atoms with E-state index in [4.69, 9.17) is 14.2 Å². The summed E-state index contributed by atoms with van der Waals surface area (Å²) in [5.41, 5.74) is 1.66. The van der Waals surface area contributed by atoms with Gasteiger partial charge in [0, 0.05) is 24.2 Å². The zero-order valence-electron chi connectivity index (χ0n) is 22.7. The van der Waals surface area contributed by atoms with Crippen molar-refractivity contribution in [3.63, 3.8) is 0 Å². The summed E-state index contributed by atoms with van der Waals surface area (Å²) in [7, 11) is 3.13. The van der Waals surface area contributed by atoms with E-state index in [0.717, 1.165) is 11.8 Å². The number of carbonyl (C=O) groups excluding carboxylic acids is 1. The smallest absolute Gasteiger partial charge is 0.284 e. The van der Waals surface area contributed by atoms with Crippen LogP contribution in [0.1, 0.15) is 29.4 Å². The SMILES string of the molecule is CCCn1c(C)c(C(=O)Nc2ccc(Oc3ccnc4cc(OC)c(OC)cc34)cn2)c(=O)n1-c1ccccc1. The Kier molecular flexibility index (Phi) is 7.50. The summed E-state index contributed by atoms with van der Waals surface area (Å²) in [5, 5.41) is 3.49. The predicted molar refractivity (Wildman–Crippen MR) is 152 cm³/mol. The molecule has 3 aromatic heterocycles. The lowest BCUT2D eigenvalue weighted by Crippen LogP contribution is -2.26. The molecule has 0 bridgehead atoms. The minimum Gasteiger partial charge on any atom is -0.493 e. The Morgan fingerprint density at radius 3 is 2.38 bits per heavy atom. The highest BCUT2D eigenvalue weighted by atomic mass is 16.5. The molecule has 3 heterocycles. The number of nitrogens with zero attached hydrogens (tertiary/aromatic N) is 4. The third kappa shape index (κ3) is 4.98. The van der Waals surface area contributed by atoms with E-state index in [2.05, 4.69) is 15.3 Å². The number of ether oxygens (including phenoxy) is 3. The molecule has 2 aromatic carbocycles. The van der Waals surface area contributed by atoms with Gasteiger partial charge in [0.05, 0.1) is 37.3 Å². The molecule has 0 fully saturated rings. The number of benzene rings is 2. The number of hydrogen-bond donors (Lipinski definition) is 1. The second kappa shape index (κ2) is 11.3. The van der Waals surface area contributed by atoms with Gasteiger partial charge < -0.3 is 19.5 Å². The third-order valence-corrected chi connectivity index (χ3v) is 6.47. The van der Waals surface area contributed by atoms with E-state index in [1.54, 1.807) is 62.4 Å². The number of fused-ring (bicyclic) bond motifs is 1. The first kappa shape index (κ1) is 26.5. The fourth-order valence-electron chi connectivity index (χ4n) is 4.57. The summed E-state index contributed by atoms with van der Waals surface area (Å²) >= 11 is 0. The second-order valence-electron chi connectivity index (χ2n) is 9.00. The number of aromatic nitrogens is 4. The molecule has 0 saturated carbocycles. The van der Waals surface area contributed by atoms with Gasteiger partial charge in [-0.2, -0.15) is 0 Å². The Balaban J connectivity index is 1.39. The van der Waals surface area contributed by atoms with Crippen LogP contribution in [0.2, 0.25) is 0 Å². The Labute approximate surface area is 230 Å². The molecule has 0 unspecified atom stereocenters. The summed E-state index contributed by atoms with van der Waals surface area (Å²) in [5.74, 6) is 1.90. The monoisotopic (exact) mass is 539 g/mol. The van der Waals surface area contributed by atoms with Crippen LogP contribution in [0.4, 0.5) is 5.82 Å². The van der Waals surface area contributed by atoms with Gasteiger partial charge in [-0.3, -0.25) is 19.3 Å². The Bertz CT molecular complexity index is 1730. The van der Waals surface area contributed by atoms with E-state index >= 15 is 0 Å². The maximum absolute atomic E-state index is 13.4. The minimum atomic E-state index is -0.524. The van der Waals surface area contributed by atoms with Crippen molar-refractivity contribution in [3.8, 4) is 28.7 Å². The summed E-state index contributed by atoms with van der Waals surface area (Å²) in [6.45, 7) is 4.39. The van der Waals surface area contributed by atoms with Crippen molar-refractivity contribution in [1.82, 2.24) is 19.3 Å². The molecule has 1 amide bonds. The fourth-order valence-corrected chi connectivity index (χ4v) is 4.57. The van der Waals surface area contributed by atoms with Crippen molar-refractivity contribution >= 4 is 22.6 Å². The molecule has 0 radical (unpaired) electrons. The number of carbonyl (C=O) groups is 1. The zero-order chi connectivity index (χ0) is 28.2. The van der Waals surface area contributed by atoms with E-state index in [1.807, 2.05) is 41.9 Å². The summed E-state index contributed by atoms with van der Waals surface area (Å²) in [6, 6.07) is 17.9. The van der Waals surface area contributed by atoms with Crippen LogP contribution in [-0.4, -0.2) is 39.5 Å². The first-order valence-electron chi connectivity index (χ1n) is 12.8.